The molecule has 0 radical (unpaired) electrons. The zero-order valence-corrected chi connectivity index (χ0v) is 19.9. The maximum atomic E-state index is 11.5. The number of nitrogens with zero attached hydrogens (tertiary/aromatic N) is 2. The van der Waals surface area contributed by atoms with Crippen LogP contribution in [0.3, 0.4) is 0 Å². The number of aromatic nitrogens is 1. The summed E-state index contributed by atoms with van der Waals surface area (Å²) in [6.45, 7) is 14.6. The molecule has 0 atom stereocenters. The molecule has 1 aromatic carbocycles. The molecule has 0 aliphatic carbocycles. The molecule has 0 spiro atoms. The second kappa shape index (κ2) is 16.0. The van der Waals surface area contributed by atoms with E-state index in [0.717, 1.165) is 28.8 Å². The molecule has 29 heavy (non-hydrogen) atoms. The molecule has 166 valence electrons. The molecule has 5 heteroatoms. The first-order chi connectivity index (χ1) is 14.0. The first-order valence-corrected chi connectivity index (χ1v) is 10.8. The van der Waals surface area contributed by atoms with Gasteiger partial charge in [0.1, 0.15) is 5.75 Å². The van der Waals surface area contributed by atoms with Gasteiger partial charge in [-0.2, -0.15) is 0 Å². The number of para-hydroxylation sites is 1. The van der Waals surface area contributed by atoms with Crippen molar-refractivity contribution in [3.05, 3.63) is 30.0 Å². The van der Waals surface area contributed by atoms with Crippen molar-refractivity contribution in [3.8, 4) is 5.75 Å². The Hall–Kier alpha value is -1.85. The number of carbonyl (C=O) groups is 1. The highest BCUT2D eigenvalue weighted by Crippen LogP contribution is 2.29. The second-order valence-corrected chi connectivity index (χ2v) is 6.64. The maximum Gasteiger partial charge on any atom is 0.161 e. The zero-order valence-electron chi connectivity index (χ0n) is 19.9. The summed E-state index contributed by atoms with van der Waals surface area (Å²) in [7, 11) is 4.90. The average Bonchev–Trinajstić information content (AvgIpc) is 3.16. The van der Waals surface area contributed by atoms with Crippen molar-refractivity contribution in [1.82, 2.24) is 9.47 Å². The molecule has 0 unspecified atom stereocenters. The summed E-state index contributed by atoms with van der Waals surface area (Å²) in [5, 5.41) is 0.966. The van der Waals surface area contributed by atoms with Crippen molar-refractivity contribution in [2.24, 2.45) is 0 Å². The van der Waals surface area contributed by atoms with Gasteiger partial charge >= 0.3 is 0 Å². The number of aryl methyl sites for hydroxylation is 1. The number of carbonyl (C=O) groups excluding carboxylic acids is 1. The second-order valence-electron chi connectivity index (χ2n) is 6.64. The van der Waals surface area contributed by atoms with Crippen molar-refractivity contribution in [2.45, 2.75) is 60.4 Å². The third-order valence-electron chi connectivity index (χ3n) is 4.70. The Kier molecular flexibility index (Phi) is 15.0. The fraction of sp³-hybridized carbons (Fsp3) is 0.625. The lowest BCUT2D eigenvalue weighted by atomic mass is 10.1. The number of rotatable bonds is 4. The molecule has 0 bridgehead atoms. The SMILES string of the molecule is CC.CCN1CCCCC1.CCn1cc(C(C)=O)c2cccc(OC)c21.COC. The van der Waals surface area contributed by atoms with Crippen LogP contribution in [0.5, 0.6) is 5.75 Å². The van der Waals surface area contributed by atoms with E-state index >= 15 is 0 Å². The number of piperidine rings is 1. The Morgan fingerprint density at radius 3 is 2.00 bits per heavy atom. The highest BCUT2D eigenvalue weighted by Gasteiger charge is 2.14. The number of hydrogen-bond donors (Lipinski definition) is 0. The third-order valence-corrected chi connectivity index (χ3v) is 4.70. The minimum Gasteiger partial charge on any atom is -0.495 e. The summed E-state index contributed by atoms with van der Waals surface area (Å²) < 4.78 is 11.6. The molecule has 1 aromatic heterocycles. The number of Topliss-reactive ketones (excluding diaryl/α,β-unsaturated/α-hetero) is 1. The summed E-state index contributed by atoms with van der Waals surface area (Å²) in [5.74, 6) is 0.900. The van der Waals surface area contributed by atoms with Crippen LogP contribution in [-0.4, -0.2) is 56.2 Å². The summed E-state index contributed by atoms with van der Waals surface area (Å²) in [6.07, 6.45) is 6.20. The lowest BCUT2D eigenvalue weighted by Crippen LogP contribution is -2.29. The molecule has 1 saturated heterocycles. The highest BCUT2D eigenvalue weighted by atomic mass is 16.5. The minimum absolute atomic E-state index is 0.0884. The normalized spacial score (nSPS) is 13.2. The summed E-state index contributed by atoms with van der Waals surface area (Å²) in [5.41, 5.74) is 1.76. The van der Waals surface area contributed by atoms with Gasteiger partial charge in [-0.3, -0.25) is 4.79 Å². The van der Waals surface area contributed by atoms with E-state index in [1.807, 2.05) is 42.8 Å². The van der Waals surface area contributed by atoms with Gasteiger partial charge in [0.05, 0.1) is 12.6 Å². The standard InChI is InChI=1S/C13H15NO2.C7H15N.C2H6O.C2H6/c1-4-14-8-11(9(2)15)10-6-5-7-12(16-3)13(10)14;1-2-8-6-4-3-5-7-8;1-3-2;1-2/h5-8H,4H2,1-3H3;2-7H2,1H3;1-2H3;1-2H3. The van der Waals surface area contributed by atoms with Crippen LogP contribution in [0.2, 0.25) is 0 Å². The van der Waals surface area contributed by atoms with Crippen LogP contribution < -0.4 is 4.74 Å². The summed E-state index contributed by atoms with van der Waals surface area (Å²) in [6, 6.07) is 5.78. The van der Waals surface area contributed by atoms with E-state index in [0.29, 0.717) is 0 Å². The monoisotopic (exact) mass is 406 g/mol. The number of hydrogen-bond acceptors (Lipinski definition) is 4. The first kappa shape index (κ1) is 27.1. The quantitative estimate of drug-likeness (QED) is 0.615. The van der Waals surface area contributed by atoms with Crippen LogP contribution >= 0.6 is 0 Å². The zero-order chi connectivity index (χ0) is 22.2. The van der Waals surface area contributed by atoms with Gasteiger partial charge in [0.25, 0.3) is 0 Å². The fourth-order valence-corrected chi connectivity index (χ4v) is 3.30. The van der Waals surface area contributed by atoms with Crippen molar-refractivity contribution < 1.29 is 14.3 Å². The van der Waals surface area contributed by atoms with Gasteiger partial charge in [-0.15, -0.1) is 0 Å². The maximum absolute atomic E-state index is 11.5. The molecule has 3 rings (SSSR count). The number of ketones is 1. The lowest BCUT2D eigenvalue weighted by Gasteiger charge is -2.24. The number of methoxy groups -OCH3 is 2. The minimum atomic E-state index is 0.0884. The van der Waals surface area contributed by atoms with Crippen LogP contribution in [0.25, 0.3) is 10.9 Å². The van der Waals surface area contributed by atoms with Crippen molar-refractivity contribution in [1.29, 1.82) is 0 Å². The van der Waals surface area contributed by atoms with Crippen molar-refractivity contribution in [2.75, 3.05) is 41.0 Å². The van der Waals surface area contributed by atoms with E-state index in [1.165, 1.54) is 38.9 Å². The van der Waals surface area contributed by atoms with Gasteiger partial charge in [-0.25, -0.2) is 0 Å². The van der Waals surface area contributed by atoms with E-state index in [-0.39, 0.29) is 5.78 Å². The molecule has 1 aliphatic heterocycles. The molecule has 0 N–H and O–H groups in total. The Morgan fingerprint density at radius 2 is 1.59 bits per heavy atom. The van der Waals surface area contributed by atoms with E-state index in [4.69, 9.17) is 4.74 Å². The Bertz CT molecular complexity index is 689. The van der Waals surface area contributed by atoms with Gasteiger partial charge in [-0.1, -0.05) is 39.3 Å². The number of ether oxygens (including phenoxy) is 2. The molecular formula is C24H42N2O3. The number of fused-ring (bicyclic) bond motifs is 1. The Balaban J connectivity index is 0.000000505. The van der Waals surface area contributed by atoms with E-state index < -0.39 is 0 Å². The number of likely N-dealkylation sites (tertiary alicyclic amines) is 1. The van der Waals surface area contributed by atoms with Crippen molar-refractivity contribution >= 4 is 16.7 Å². The van der Waals surface area contributed by atoms with Crippen LogP contribution in [0.15, 0.2) is 24.4 Å². The Labute approximate surface area is 178 Å². The Morgan fingerprint density at radius 1 is 1.00 bits per heavy atom. The smallest absolute Gasteiger partial charge is 0.161 e. The van der Waals surface area contributed by atoms with Crippen LogP contribution in [0.4, 0.5) is 0 Å². The lowest BCUT2D eigenvalue weighted by molar-refractivity contribution is 0.101. The van der Waals surface area contributed by atoms with E-state index in [9.17, 15) is 4.79 Å². The predicted molar refractivity (Wildman–Crippen MR) is 124 cm³/mol. The third kappa shape index (κ3) is 8.58. The van der Waals surface area contributed by atoms with E-state index in [1.54, 1.807) is 28.3 Å². The van der Waals surface area contributed by atoms with Crippen LogP contribution in [0.1, 0.15) is 64.2 Å². The van der Waals surface area contributed by atoms with Gasteiger partial charge in [0.15, 0.2) is 5.78 Å². The van der Waals surface area contributed by atoms with Gasteiger partial charge in [0.2, 0.25) is 0 Å². The molecule has 1 fully saturated rings. The van der Waals surface area contributed by atoms with Crippen LogP contribution in [0, 0.1) is 0 Å². The molecule has 5 nitrogen and oxygen atoms in total. The molecular weight excluding hydrogens is 364 g/mol. The topological polar surface area (TPSA) is 43.7 Å². The van der Waals surface area contributed by atoms with Crippen LogP contribution in [-0.2, 0) is 11.3 Å². The molecule has 2 aromatic rings. The van der Waals surface area contributed by atoms with Gasteiger partial charge in [0, 0.05) is 37.9 Å². The highest BCUT2D eigenvalue weighted by molar-refractivity contribution is 6.08. The van der Waals surface area contributed by atoms with Crippen molar-refractivity contribution in [3.63, 3.8) is 0 Å². The van der Waals surface area contributed by atoms with Gasteiger partial charge in [-0.05, 0) is 52.4 Å². The van der Waals surface area contributed by atoms with E-state index in [2.05, 4.69) is 23.5 Å². The molecule has 2 heterocycles. The molecule has 0 saturated carbocycles. The van der Waals surface area contributed by atoms with Gasteiger partial charge < -0.3 is 18.9 Å². The summed E-state index contributed by atoms with van der Waals surface area (Å²) >= 11 is 0. The number of benzene rings is 1. The average molecular weight is 407 g/mol. The largest absolute Gasteiger partial charge is 0.495 e. The predicted octanol–water partition coefficient (Wildman–Crippen LogP) is 5.65. The molecule has 0 amide bonds. The fourth-order valence-electron chi connectivity index (χ4n) is 3.30. The molecule has 1 aliphatic rings. The first-order valence-electron chi connectivity index (χ1n) is 10.8. The summed E-state index contributed by atoms with van der Waals surface area (Å²) in [4.78, 5) is 14.1.